The van der Waals surface area contributed by atoms with Gasteiger partial charge in [-0.05, 0) is 12.5 Å². The molecule has 2 aromatic heterocycles. The summed E-state index contributed by atoms with van der Waals surface area (Å²) in [7, 11) is 0. The van der Waals surface area contributed by atoms with Crippen molar-refractivity contribution in [3.8, 4) is 0 Å². The number of aliphatic hydroxyl groups is 1. The highest BCUT2D eigenvalue weighted by molar-refractivity contribution is 5.73. The van der Waals surface area contributed by atoms with Crippen LogP contribution in [0.1, 0.15) is 26.0 Å². The Hall–Kier alpha value is -1.66. The van der Waals surface area contributed by atoms with Crippen LogP contribution in [0.15, 0.2) is 23.4 Å². The molecule has 0 saturated carbocycles. The topological polar surface area (TPSA) is 80.1 Å². The largest absolute Gasteiger partial charge is 0.390 e. The number of nitrogens with one attached hydrogen (secondary N) is 1. The summed E-state index contributed by atoms with van der Waals surface area (Å²) in [5.41, 5.74) is 0.917. The van der Waals surface area contributed by atoms with E-state index in [-0.39, 0.29) is 17.9 Å². The van der Waals surface area contributed by atoms with E-state index in [0.717, 1.165) is 11.9 Å². The third-order valence-electron chi connectivity index (χ3n) is 3.42. The molecule has 3 atom stereocenters. The number of aliphatic hydroxyl groups excluding tert-OH is 1. The SMILES string of the molecule is CC[C@H]1O[C@@H](n2cnc3c(=O)[nH]ccc32)CC1O. The zero-order valence-corrected chi connectivity index (χ0v) is 10.0. The number of nitrogens with zero attached hydrogens (tertiary/aromatic N) is 2. The van der Waals surface area contributed by atoms with Gasteiger partial charge in [0.2, 0.25) is 0 Å². The molecule has 0 radical (unpaired) electrons. The van der Waals surface area contributed by atoms with Gasteiger partial charge < -0.3 is 19.4 Å². The van der Waals surface area contributed by atoms with E-state index < -0.39 is 6.10 Å². The van der Waals surface area contributed by atoms with E-state index in [0.29, 0.717) is 11.9 Å². The third kappa shape index (κ3) is 1.65. The summed E-state index contributed by atoms with van der Waals surface area (Å²) < 4.78 is 7.58. The van der Waals surface area contributed by atoms with Crippen LogP contribution in [0.4, 0.5) is 0 Å². The Balaban J connectivity index is 2.01. The molecule has 1 saturated heterocycles. The molecular formula is C12H15N3O3. The summed E-state index contributed by atoms with van der Waals surface area (Å²) in [5, 5.41) is 9.86. The number of rotatable bonds is 2. The summed E-state index contributed by atoms with van der Waals surface area (Å²) >= 11 is 0. The van der Waals surface area contributed by atoms with Crippen molar-refractivity contribution in [3.63, 3.8) is 0 Å². The van der Waals surface area contributed by atoms with Crippen molar-refractivity contribution in [3.05, 3.63) is 28.9 Å². The van der Waals surface area contributed by atoms with Crippen LogP contribution in [0, 0.1) is 0 Å². The second kappa shape index (κ2) is 4.22. The summed E-state index contributed by atoms with van der Waals surface area (Å²) in [6, 6.07) is 1.79. The van der Waals surface area contributed by atoms with E-state index in [2.05, 4.69) is 9.97 Å². The molecule has 1 aliphatic rings. The average molecular weight is 249 g/mol. The highest BCUT2D eigenvalue weighted by Crippen LogP contribution is 2.31. The number of pyridine rings is 1. The van der Waals surface area contributed by atoms with Crippen LogP contribution >= 0.6 is 0 Å². The zero-order valence-electron chi connectivity index (χ0n) is 10.0. The molecule has 96 valence electrons. The highest BCUT2D eigenvalue weighted by Gasteiger charge is 2.34. The van der Waals surface area contributed by atoms with Gasteiger partial charge in [0, 0.05) is 12.6 Å². The van der Waals surface area contributed by atoms with Crippen LogP contribution in [-0.2, 0) is 4.74 Å². The van der Waals surface area contributed by atoms with Crippen LogP contribution < -0.4 is 5.56 Å². The number of hydrogen-bond acceptors (Lipinski definition) is 4. The van der Waals surface area contributed by atoms with Crippen molar-refractivity contribution in [1.29, 1.82) is 0 Å². The van der Waals surface area contributed by atoms with E-state index in [4.69, 9.17) is 4.74 Å². The van der Waals surface area contributed by atoms with Crippen LogP contribution in [0.3, 0.4) is 0 Å². The lowest BCUT2D eigenvalue weighted by Crippen LogP contribution is -2.19. The minimum absolute atomic E-state index is 0.144. The predicted octanol–water partition coefficient (Wildman–Crippen LogP) is 0.783. The van der Waals surface area contributed by atoms with Crippen LogP contribution in [0.5, 0.6) is 0 Å². The minimum atomic E-state index is -0.459. The zero-order chi connectivity index (χ0) is 12.7. The molecule has 2 aromatic rings. The Kier molecular flexibility index (Phi) is 2.68. The van der Waals surface area contributed by atoms with Gasteiger partial charge in [0.1, 0.15) is 6.23 Å². The molecule has 2 N–H and O–H groups in total. The molecule has 6 heteroatoms. The lowest BCUT2D eigenvalue weighted by atomic mass is 10.1. The fraction of sp³-hybridized carbons (Fsp3) is 0.500. The summed E-state index contributed by atoms with van der Waals surface area (Å²) in [6.45, 7) is 1.98. The van der Waals surface area contributed by atoms with Crippen molar-refractivity contribution >= 4 is 11.0 Å². The maximum atomic E-state index is 11.6. The normalized spacial score (nSPS) is 28.0. The Morgan fingerprint density at radius 2 is 2.50 bits per heavy atom. The predicted molar refractivity (Wildman–Crippen MR) is 65.2 cm³/mol. The van der Waals surface area contributed by atoms with E-state index in [1.165, 1.54) is 0 Å². The van der Waals surface area contributed by atoms with E-state index >= 15 is 0 Å². The molecule has 18 heavy (non-hydrogen) atoms. The number of hydrogen-bond donors (Lipinski definition) is 2. The summed E-state index contributed by atoms with van der Waals surface area (Å²) in [6.07, 6.45) is 3.62. The van der Waals surface area contributed by atoms with Crippen molar-refractivity contribution in [2.75, 3.05) is 0 Å². The Morgan fingerprint density at radius 1 is 1.67 bits per heavy atom. The molecule has 1 aliphatic heterocycles. The lowest BCUT2D eigenvalue weighted by molar-refractivity contribution is -0.0181. The number of imidazole rings is 1. The van der Waals surface area contributed by atoms with Crippen LogP contribution in [0.25, 0.3) is 11.0 Å². The maximum Gasteiger partial charge on any atom is 0.276 e. The first kappa shape index (κ1) is 11.4. The highest BCUT2D eigenvalue weighted by atomic mass is 16.5. The van der Waals surface area contributed by atoms with Crippen molar-refractivity contribution in [2.24, 2.45) is 0 Å². The minimum Gasteiger partial charge on any atom is -0.390 e. The van der Waals surface area contributed by atoms with Gasteiger partial charge in [0.05, 0.1) is 24.1 Å². The maximum absolute atomic E-state index is 11.6. The van der Waals surface area contributed by atoms with Gasteiger partial charge in [-0.1, -0.05) is 6.92 Å². The Bertz CT molecular complexity index is 618. The van der Waals surface area contributed by atoms with Crippen LogP contribution in [-0.4, -0.2) is 31.8 Å². The fourth-order valence-corrected chi connectivity index (χ4v) is 2.46. The second-order valence-corrected chi connectivity index (χ2v) is 4.53. The molecule has 0 aliphatic carbocycles. The lowest BCUT2D eigenvalue weighted by Gasteiger charge is -2.14. The molecule has 3 heterocycles. The standard InChI is InChI=1S/C12H15N3O3/c1-2-9-8(16)5-10(18-9)15-6-14-11-7(15)3-4-13-12(11)17/h3-4,6,8-10,16H,2,5H2,1H3,(H,13,17)/t8?,9-,10-/m1/s1. The molecule has 0 aromatic carbocycles. The average Bonchev–Trinajstić information content (AvgIpc) is 2.93. The first-order chi connectivity index (χ1) is 8.70. The van der Waals surface area contributed by atoms with Gasteiger partial charge in [-0.2, -0.15) is 0 Å². The van der Waals surface area contributed by atoms with Gasteiger partial charge in [0.25, 0.3) is 5.56 Å². The fourth-order valence-electron chi connectivity index (χ4n) is 2.46. The molecule has 0 amide bonds. The van der Waals surface area contributed by atoms with Crippen molar-refractivity contribution in [2.45, 2.75) is 38.2 Å². The van der Waals surface area contributed by atoms with E-state index in [1.54, 1.807) is 18.6 Å². The Morgan fingerprint density at radius 3 is 3.22 bits per heavy atom. The van der Waals surface area contributed by atoms with Gasteiger partial charge >= 0.3 is 0 Å². The number of fused-ring (bicyclic) bond motifs is 1. The summed E-state index contributed by atoms with van der Waals surface area (Å²) in [4.78, 5) is 18.3. The Labute approximate surface area is 103 Å². The van der Waals surface area contributed by atoms with Crippen molar-refractivity contribution < 1.29 is 9.84 Å². The van der Waals surface area contributed by atoms with Crippen LogP contribution in [0.2, 0.25) is 0 Å². The smallest absolute Gasteiger partial charge is 0.276 e. The molecule has 0 spiro atoms. The number of aromatic amines is 1. The first-order valence-corrected chi connectivity index (χ1v) is 6.08. The molecule has 0 bridgehead atoms. The number of H-pyrrole nitrogens is 1. The molecule has 6 nitrogen and oxygen atoms in total. The van der Waals surface area contributed by atoms with Crippen molar-refractivity contribution in [1.82, 2.24) is 14.5 Å². The molecule has 3 rings (SSSR count). The van der Waals surface area contributed by atoms with E-state index in [1.807, 2.05) is 11.5 Å². The monoisotopic (exact) mass is 249 g/mol. The molecule has 1 unspecified atom stereocenters. The number of ether oxygens (including phenoxy) is 1. The quantitative estimate of drug-likeness (QED) is 0.824. The molecule has 1 fully saturated rings. The van der Waals surface area contributed by atoms with Gasteiger partial charge in [-0.15, -0.1) is 0 Å². The number of aromatic nitrogens is 3. The van der Waals surface area contributed by atoms with Gasteiger partial charge in [-0.3, -0.25) is 4.79 Å². The molecular weight excluding hydrogens is 234 g/mol. The first-order valence-electron chi connectivity index (χ1n) is 6.08. The van der Waals surface area contributed by atoms with Gasteiger partial charge in [0.15, 0.2) is 5.52 Å². The van der Waals surface area contributed by atoms with E-state index in [9.17, 15) is 9.90 Å². The van der Waals surface area contributed by atoms with Gasteiger partial charge in [-0.25, -0.2) is 4.98 Å². The second-order valence-electron chi connectivity index (χ2n) is 4.53. The summed E-state index contributed by atoms with van der Waals surface area (Å²) in [5.74, 6) is 0. The third-order valence-corrected chi connectivity index (χ3v) is 3.42.